The molecule has 0 saturated carbocycles. The summed E-state index contributed by atoms with van der Waals surface area (Å²) in [7, 11) is 0. The lowest BCUT2D eigenvalue weighted by molar-refractivity contribution is -0.123. The molecule has 0 spiro atoms. The van der Waals surface area contributed by atoms with E-state index in [1.807, 2.05) is 48.7 Å². The molecular formula is C16H18N2O2S. The molecule has 110 valence electrons. The van der Waals surface area contributed by atoms with E-state index in [0.29, 0.717) is 4.88 Å². The van der Waals surface area contributed by atoms with Crippen LogP contribution >= 0.6 is 11.3 Å². The number of benzene rings is 1. The number of hydrogen-bond donors (Lipinski definition) is 2. The van der Waals surface area contributed by atoms with Gasteiger partial charge in [0.05, 0.1) is 10.9 Å². The Labute approximate surface area is 128 Å². The van der Waals surface area contributed by atoms with Crippen LogP contribution in [-0.4, -0.2) is 17.9 Å². The molecule has 2 atom stereocenters. The maximum atomic E-state index is 12.1. The molecule has 0 unspecified atom stereocenters. The summed E-state index contributed by atoms with van der Waals surface area (Å²) < 4.78 is 0. The summed E-state index contributed by atoms with van der Waals surface area (Å²) in [6.45, 7) is 3.60. The fourth-order valence-electron chi connectivity index (χ4n) is 1.90. The maximum Gasteiger partial charge on any atom is 0.261 e. The highest BCUT2D eigenvalue weighted by Crippen LogP contribution is 2.11. The van der Waals surface area contributed by atoms with E-state index in [1.54, 1.807) is 13.0 Å². The number of rotatable bonds is 5. The molecule has 0 bridgehead atoms. The molecule has 0 aliphatic rings. The molecule has 5 heteroatoms. The van der Waals surface area contributed by atoms with Crippen molar-refractivity contribution < 1.29 is 9.59 Å². The third-order valence-electron chi connectivity index (χ3n) is 3.14. The number of nitrogens with one attached hydrogen (secondary N) is 2. The molecule has 0 radical (unpaired) electrons. The van der Waals surface area contributed by atoms with Crippen LogP contribution in [0.3, 0.4) is 0 Å². The second-order valence-corrected chi connectivity index (χ2v) is 5.76. The zero-order chi connectivity index (χ0) is 15.2. The number of amides is 2. The first kappa shape index (κ1) is 15.3. The Kier molecular flexibility index (Phi) is 5.11. The van der Waals surface area contributed by atoms with E-state index >= 15 is 0 Å². The average molecular weight is 302 g/mol. The maximum absolute atomic E-state index is 12.1. The minimum Gasteiger partial charge on any atom is -0.348 e. The van der Waals surface area contributed by atoms with Crippen molar-refractivity contribution in [3.8, 4) is 0 Å². The van der Waals surface area contributed by atoms with Gasteiger partial charge in [-0.15, -0.1) is 11.3 Å². The highest BCUT2D eigenvalue weighted by atomic mass is 32.1. The highest BCUT2D eigenvalue weighted by molar-refractivity contribution is 7.12. The Morgan fingerprint density at radius 1 is 1.00 bits per heavy atom. The number of thiophene rings is 1. The Morgan fingerprint density at radius 2 is 1.71 bits per heavy atom. The Balaban J connectivity index is 1.89. The van der Waals surface area contributed by atoms with Gasteiger partial charge in [-0.05, 0) is 30.9 Å². The summed E-state index contributed by atoms with van der Waals surface area (Å²) in [5.74, 6) is -0.420. The normalized spacial score (nSPS) is 13.2. The van der Waals surface area contributed by atoms with Gasteiger partial charge in [0.1, 0.15) is 6.04 Å². The quantitative estimate of drug-likeness (QED) is 0.892. The molecule has 2 amide bonds. The lowest BCUT2D eigenvalue weighted by atomic mass is 10.1. The van der Waals surface area contributed by atoms with Crippen LogP contribution in [0.15, 0.2) is 47.8 Å². The van der Waals surface area contributed by atoms with E-state index in [2.05, 4.69) is 10.6 Å². The van der Waals surface area contributed by atoms with Gasteiger partial charge >= 0.3 is 0 Å². The molecule has 0 aliphatic carbocycles. The molecule has 21 heavy (non-hydrogen) atoms. The van der Waals surface area contributed by atoms with Gasteiger partial charge in [-0.25, -0.2) is 0 Å². The largest absolute Gasteiger partial charge is 0.348 e. The molecule has 1 aromatic heterocycles. The first-order valence-electron chi connectivity index (χ1n) is 6.77. The highest BCUT2D eigenvalue weighted by Gasteiger charge is 2.19. The van der Waals surface area contributed by atoms with Gasteiger partial charge in [0.2, 0.25) is 5.91 Å². The van der Waals surface area contributed by atoms with Crippen LogP contribution in [0.2, 0.25) is 0 Å². The van der Waals surface area contributed by atoms with Crippen LogP contribution < -0.4 is 10.6 Å². The van der Waals surface area contributed by atoms with Crippen LogP contribution in [0.25, 0.3) is 0 Å². The zero-order valence-electron chi connectivity index (χ0n) is 12.0. The van der Waals surface area contributed by atoms with Crippen molar-refractivity contribution in [1.82, 2.24) is 10.6 Å². The Bertz CT molecular complexity index is 596. The van der Waals surface area contributed by atoms with Crippen LogP contribution in [0.4, 0.5) is 0 Å². The molecule has 0 fully saturated rings. The van der Waals surface area contributed by atoms with Crippen molar-refractivity contribution in [3.05, 3.63) is 58.3 Å². The van der Waals surface area contributed by atoms with E-state index in [1.165, 1.54) is 11.3 Å². The molecule has 2 N–H and O–H groups in total. The van der Waals surface area contributed by atoms with Gasteiger partial charge in [0, 0.05) is 0 Å². The second-order valence-electron chi connectivity index (χ2n) is 4.81. The number of carbonyl (C=O) groups is 2. The first-order chi connectivity index (χ1) is 10.1. The van der Waals surface area contributed by atoms with E-state index in [4.69, 9.17) is 0 Å². The molecular weight excluding hydrogens is 284 g/mol. The van der Waals surface area contributed by atoms with Crippen molar-refractivity contribution >= 4 is 23.2 Å². The lowest BCUT2D eigenvalue weighted by Gasteiger charge is -2.18. The fraction of sp³-hybridized carbons (Fsp3) is 0.250. The summed E-state index contributed by atoms with van der Waals surface area (Å²) in [5.41, 5.74) is 1.03. The smallest absolute Gasteiger partial charge is 0.261 e. The minimum absolute atomic E-state index is 0.0974. The van der Waals surface area contributed by atoms with E-state index < -0.39 is 6.04 Å². The summed E-state index contributed by atoms with van der Waals surface area (Å²) in [6.07, 6.45) is 0. The minimum atomic E-state index is -0.578. The van der Waals surface area contributed by atoms with E-state index in [9.17, 15) is 9.59 Å². The number of hydrogen-bond acceptors (Lipinski definition) is 3. The Hall–Kier alpha value is -2.14. The summed E-state index contributed by atoms with van der Waals surface area (Å²) >= 11 is 1.35. The monoisotopic (exact) mass is 302 g/mol. The molecule has 4 nitrogen and oxygen atoms in total. The van der Waals surface area contributed by atoms with Crippen LogP contribution in [-0.2, 0) is 4.79 Å². The van der Waals surface area contributed by atoms with Crippen molar-refractivity contribution in [2.45, 2.75) is 25.9 Å². The molecule has 1 heterocycles. The van der Waals surface area contributed by atoms with Gasteiger partial charge < -0.3 is 10.6 Å². The van der Waals surface area contributed by atoms with Gasteiger partial charge in [0.15, 0.2) is 0 Å². The zero-order valence-corrected chi connectivity index (χ0v) is 12.8. The van der Waals surface area contributed by atoms with Gasteiger partial charge in [-0.2, -0.15) is 0 Å². The van der Waals surface area contributed by atoms with Crippen LogP contribution in [0.5, 0.6) is 0 Å². The summed E-state index contributed by atoms with van der Waals surface area (Å²) in [6, 6.07) is 12.6. The molecule has 2 rings (SSSR count). The van der Waals surface area contributed by atoms with Crippen molar-refractivity contribution in [2.24, 2.45) is 0 Å². The van der Waals surface area contributed by atoms with E-state index in [0.717, 1.165) is 5.56 Å². The van der Waals surface area contributed by atoms with E-state index in [-0.39, 0.29) is 17.9 Å². The third kappa shape index (κ3) is 4.16. The van der Waals surface area contributed by atoms with Crippen LogP contribution in [0, 0.1) is 0 Å². The third-order valence-corrected chi connectivity index (χ3v) is 4.01. The predicted molar refractivity (Wildman–Crippen MR) is 84.2 cm³/mol. The molecule has 1 aromatic carbocycles. The molecule has 0 aliphatic heterocycles. The predicted octanol–water partition coefficient (Wildman–Crippen LogP) is 2.74. The summed E-state index contributed by atoms with van der Waals surface area (Å²) in [5, 5.41) is 7.43. The van der Waals surface area contributed by atoms with Crippen molar-refractivity contribution in [1.29, 1.82) is 0 Å². The lowest BCUT2D eigenvalue weighted by Crippen LogP contribution is -2.45. The molecule has 2 aromatic rings. The summed E-state index contributed by atoms with van der Waals surface area (Å²) in [4.78, 5) is 24.6. The standard InChI is InChI=1S/C16H18N2O2S/c1-11(13-7-4-3-5-8-13)17-15(19)12(2)18-16(20)14-9-6-10-21-14/h3-12H,1-2H3,(H,17,19)(H,18,20)/t11-,12-/m1/s1. The van der Waals surface area contributed by atoms with Gasteiger partial charge in [0.25, 0.3) is 5.91 Å². The average Bonchev–Trinajstić information content (AvgIpc) is 3.02. The first-order valence-corrected chi connectivity index (χ1v) is 7.65. The topological polar surface area (TPSA) is 58.2 Å². The van der Waals surface area contributed by atoms with Gasteiger partial charge in [-0.3, -0.25) is 9.59 Å². The SMILES string of the molecule is C[C@@H](NC(=O)c1cccs1)C(=O)N[C@H](C)c1ccccc1. The Morgan fingerprint density at radius 3 is 2.33 bits per heavy atom. The second kappa shape index (κ2) is 7.04. The number of carbonyl (C=O) groups excluding carboxylic acids is 2. The molecule has 0 saturated heterocycles. The van der Waals surface area contributed by atoms with Gasteiger partial charge in [-0.1, -0.05) is 36.4 Å². The van der Waals surface area contributed by atoms with Crippen molar-refractivity contribution in [2.75, 3.05) is 0 Å². The van der Waals surface area contributed by atoms with Crippen LogP contribution in [0.1, 0.15) is 35.1 Å². The fourth-order valence-corrected chi connectivity index (χ4v) is 2.53. The van der Waals surface area contributed by atoms with Crippen molar-refractivity contribution in [3.63, 3.8) is 0 Å².